The molecule has 0 aliphatic rings. The minimum absolute atomic E-state index is 0.135. The van der Waals surface area contributed by atoms with Gasteiger partial charge in [-0.05, 0) is 33.1 Å². The number of carbonyl (C=O) groups is 1. The molecular weight excluding hydrogens is 264 g/mol. The second-order valence-electron chi connectivity index (χ2n) is 5.13. The van der Waals surface area contributed by atoms with Gasteiger partial charge in [0.15, 0.2) is 0 Å². The van der Waals surface area contributed by atoms with E-state index in [1.54, 1.807) is 21.3 Å². The summed E-state index contributed by atoms with van der Waals surface area (Å²) in [6.07, 6.45) is 2.41. The Kier molecular flexibility index (Phi) is 8.48. The Morgan fingerprint density at radius 2 is 1.58 bits per heavy atom. The van der Waals surface area contributed by atoms with E-state index in [4.69, 9.17) is 18.0 Å². The van der Waals surface area contributed by atoms with Crippen LogP contribution in [-0.2, 0) is 22.8 Å². The monoisotopic (exact) mass is 292 g/mol. The number of unbranched alkanes of at least 4 members (excludes halogenated alkanes) is 1. The smallest absolute Gasteiger partial charge is 0.465 e. The van der Waals surface area contributed by atoms with Crippen molar-refractivity contribution in [3.05, 3.63) is 0 Å². The van der Waals surface area contributed by atoms with Crippen molar-refractivity contribution in [2.45, 2.75) is 46.1 Å². The van der Waals surface area contributed by atoms with E-state index >= 15 is 0 Å². The summed E-state index contributed by atoms with van der Waals surface area (Å²) in [6, 6.07) is 0.727. The molecule has 0 rings (SSSR count). The van der Waals surface area contributed by atoms with E-state index < -0.39 is 14.2 Å². The second-order valence-corrected chi connectivity index (χ2v) is 8.22. The molecule has 0 spiro atoms. The maximum Gasteiger partial charge on any atom is 0.500 e. The number of ether oxygens (including phenoxy) is 1. The summed E-state index contributed by atoms with van der Waals surface area (Å²) in [5, 5.41) is 0. The molecule has 6 heteroatoms. The first-order valence-electron chi connectivity index (χ1n) is 6.70. The summed E-state index contributed by atoms with van der Waals surface area (Å²) in [5.41, 5.74) is -0.399. The molecule has 0 fully saturated rings. The number of rotatable bonds is 10. The number of hydrogen-bond donors (Lipinski definition) is 0. The van der Waals surface area contributed by atoms with E-state index in [1.165, 1.54) is 0 Å². The van der Waals surface area contributed by atoms with Crippen LogP contribution in [0.1, 0.15) is 40.0 Å². The van der Waals surface area contributed by atoms with Gasteiger partial charge in [0.05, 0.1) is 12.0 Å². The highest BCUT2D eigenvalue weighted by Crippen LogP contribution is 2.22. The molecule has 0 atom stereocenters. The number of esters is 1. The van der Waals surface area contributed by atoms with Crippen molar-refractivity contribution in [2.75, 3.05) is 27.9 Å². The SMILES string of the molecule is CCC(C)(C)C(=O)OCCCC[Si](OC)(OC)OC. The Morgan fingerprint density at radius 3 is 2.00 bits per heavy atom. The fourth-order valence-corrected chi connectivity index (χ4v) is 3.30. The fraction of sp³-hybridized carbons (Fsp3) is 0.923. The third kappa shape index (κ3) is 6.03. The van der Waals surface area contributed by atoms with Gasteiger partial charge in [-0.3, -0.25) is 4.79 Å². The average Bonchev–Trinajstić information content (AvgIpc) is 2.43. The highest BCUT2D eigenvalue weighted by atomic mass is 28.4. The third-order valence-electron chi connectivity index (χ3n) is 3.48. The first kappa shape index (κ1) is 18.6. The Hall–Kier alpha value is -0.433. The Labute approximate surface area is 117 Å². The van der Waals surface area contributed by atoms with Gasteiger partial charge in [-0.2, -0.15) is 0 Å². The molecule has 0 aromatic carbocycles. The van der Waals surface area contributed by atoms with E-state index in [0.29, 0.717) is 6.61 Å². The molecule has 0 aromatic rings. The first-order valence-corrected chi connectivity index (χ1v) is 8.63. The van der Waals surface area contributed by atoms with Crippen molar-refractivity contribution in [1.82, 2.24) is 0 Å². The predicted molar refractivity (Wildman–Crippen MR) is 75.9 cm³/mol. The van der Waals surface area contributed by atoms with Crippen LogP contribution in [0.3, 0.4) is 0 Å². The van der Waals surface area contributed by atoms with Crippen LogP contribution in [0.5, 0.6) is 0 Å². The van der Waals surface area contributed by atoms with Crippen molar-refractivity contribution >= 4 is 14.8 Å². The molecule has 0 bridgehead atoms. The average molecular weight is 292 g/mol. The van der Waals surface area contributed by atoms with E-state index in [2.05, 4.69) is 0 Å². The van der Waals surface area contributed by atoms with Crippen LogP contribution in [0.25, 0.3) is 0 Å². The highest BCUT2D eigenvalue weighted by Gasteiger charge is 2.36. The van der Waals surface area contributed by atoms with Crippen molar-refractivity contribution in [2.24, 2.45) is 5.41 Å². The Morgan fingerprint density at radius 1 is 1.05 bits per heavy atom. The van der Waals surface area contributed by atoms with Crippen molar-refractivity contribution in [3.8, 4) is 0 Å². The predicted octanol–water partition coefficient (Wildman–Crippen LogP) is 2.62. The molecule has 0 unspecified atom stereocenters. The lowest BCUT2D eigenvalue weighted by Gasteiger charge is -2.24. The molecule has 0 aliphatic carbocycles. The molecule has 0 aliphatic heterocycles. The number of hydrogen-bond acceptors (Lipinski definition) is 5. The largest absolute Gasteiger partial charge is 0.500 e. The fourth-order valence-electron chi connectivity index (χ4n) is 1.50. The standard InChI is InChI=1S/C13H28O5Si/c1-7-13(2,3)12(14)18-10-8-9-11-19(15-4,16-5)17-6/h7-11H2,1-6H3. The maximum absolute atomic E-state index is 11.7. The Balaban J connectivity index is 3.91. The second kappa shape index (κ2) is 8.68. The van der Waals surface area contributed by atoms with Gasteiger partial charge in [-0.1, -0.05) is 6.92 Å². The van der Waals surface area contributed by atoms with Crippen LogP contribution in [-0.4, -0.2) is 42.7 Å². The van der Waals surface area contributed by atoms with Crippen LogP contribution in [0.15, 0.2) is 0 Å². The molecule has 0 heterocycles. The minimum atomic E-state index is -2.48. The van der Waals surface area contributed by atoms with E-state index in [1.807, 2.05) is 20.8 Å². The molecule has 5 nitrogen and oxygen atoms in total. The lowest BCUT2D eigenvalue weighted by molar-refractivity contribution is -0.154. The van der Waals surface area contributed by atoms with Gasteiger partial charge in [-0.15, -0.1) is 0 Å². The van der Waals surface area contributed by atoms with E-state index in [-0.39, 0.29) is 5.97 Å². The lowest BCUT2D eigenvalue weighted by atomic mass is 9.91. The van der Waals surface area contributed by atoms with Crippen LogP contribution in [0.2, 0.25) is 6.04 Å². The molecule has 0 saturated heterocycles. The first-order chi connectivity index (χ1) is 8.87. The zero-order valence-electron chi connectivity index (χ0n) is 13.1. The van der Waals surface area contributed by atoms with Gasteiger partial charge in [0.25, 0.3) is 0 Å². The summed E-state index contributed by atoms with van der Waals surface area (Å²) in [7, 11) is 2.32. The van der Waals surface area contributed by atoms with E-state index in [9.17, 15) is 4.79 Å². The van der Waals surface area contributed by atoms with Crippen LogP contribution < -0.4 is 0 Å². The highest BCUT2D eigenvalue weighted by molar-refractivity contribution is 6.60. The van der Waals surface area contributed by atoms with Gasteiger partial charge >= 0.3 is 14.8 Å². The summed E-state index contributed by atoms with van der Waals surface area (Å²) in [6.45, 7) is 6.21. The van der Waals surface area contributed by atoms with E-state index in [0.717, 1.165) is 25.3 Å². The summed E-state index contributed by atoms with van der Waals surface area (Å²) in [4.78, 5) is 11.7. The van der Waals surface area contributed by atoms with Gasteiger partial charge in [0.1, 0.15) is 0 Å². The van der Waals surface area contributed by atoms with Crippen molar-refractivity contribution < 1.29 is 22.8 Å². The summed E-state index contributed by atoms with van der Waals surface area (Å²) >= 11 is 0. The Bertz CT molecular complexity index is 255. The van der Waals surface area contributed by atoms with Crippen LogP contribution in [0, 0.1) is 5.41 Å². The molecule has 0 amide bonds. The van der Waals surface area contributed by atoms with Crippen molar-refractivity contribution in [1.29, 1.82) is 0 Å². The minimum Gasteiger partial charge on any atom is -0.465 e. The van der Waals surface area contributed by atoms with Gasteiger partial charge in [0.2, 0.25) is 0 Å². The summed E-state index contributed by atoms with van der Waals surface area (Å²) in [5.74, 6) is -0.135. The summed E-state index contributed by atoms with van der Waals surface area (Å²) < 4.78 is 21.2. The molecular formula is C13H28O5Si. The van der Waals surface area contributed by atoms with Crippen LogP contribution in [0.4, 0.5) is 0 Å². The topological polar surface area (TPSA) is 54.0 Å². The zero-order chi connectivity index (χ0) is 14.9. The van der Waals surface area contributed by atoms with Gasteiger partial charge in [0, 0.05) is 27.4 Å². The molecule has 114 valence electrons. The molecule has 0 aromatic heterocycles. The lowest BCUT2D eigenvalue weighted by Crippen LogP contribution is -2.42. The van der Waals surface area contributed by atoms with Gasteiger partial charge in [-0.25, -0.2) is 0 Å². The molecule has 0 N–H and O–H groups in total. The van der Waals surface area contributed by atoms with Gasteiger partial charge < -0.3 is 18.0 Å². The quantitative estimate of drug-likeness (QED) is 0.352. The molecule has 0 saturated carbocycles. The normalized spacial score (nSPS) is 12.5. The maximum atomic E-state index is 11.7. The van der Waals surface area contributed by atoms with Crippen molar-refractivity contribution in [3.63, 3.8) is 0 Å². The third-order valence-corrected chi connectivity index (χ3v) is 6.31. The van der Waals surface area contributed by atoms with Crippen LogP contribution >= 0.6 is 0 Å². The number of carbonyl (C=O) groups excluding carboxylic acids is 1. The molecule has 19 heavy (non-hydrogen) atoms. The zero-order valence-corrected chi connectivity index (χ0v) is 14.1. The molecule has 0 radical (unpaired) electrons.